The van der Waals surface area contributed by atoms with Gasteiger partial charge in [0.15, 0.2) is 0 Å². The lowest BCUT2D eigenvalue weighted by atomic mass is 9.76. The topological polar surface area (TPSA) is 36.3 Å². The van der Waals surface area contributed by atoms with Crippen LogP contribution < -0.4 is 5.46 Å². The highest BCUT2D eigenvalue weighted by atomic mass is 16.7. The molecule has 20 heavy (non-hydrogen) atoms. The third-order valence-corrected chi connectivity index (χ3v) is 4.62. The Bertz CT molecular complexity index is 660. The molecule has 0 N–H and O–H groups in total. The fourth-order valence-electron chi connectivity index (χ4n) is 2.52. The summed E-state index contributed by atoms with van der Waals surface area (Å²) in [5, 5.41) is 0. The zero-order valence-electron chi connectivity index (χ0n) is 13.0. The number of fused-ring (bicyclic) bond motifs is 1. The second-order valence-electron chi connectivity index (χ2n) is 6.64. The van der Waals surface area contributed by atoms with E-state index in [2.05, 4.69) is 51.7 Å². The quantitative estimate of drug-likeness (QED) is 0.746. The number of aryl methyl sites for hydroxylation is 2. The summed E-state index contributed by atoms with van der Waals surface area (Å²) in [6.07, 6.45) is 1.83. The van der Waals surface area contributed by atoms with E-state index in [1.807, 2.05) is 17.9 Å². The number of aromatic nitrogens is 2. The lowest BCUT2D eigenvalue weighted by Gasteiger charge is -2.32. The van der Waals surface area contributed by atoms with Gasteiger partial charge in [-0.1, -0.05) is 0 Å². The molecule has 1 saturated heterocycles. The second-order valence-corrected chi connectivity index (χ2v) is 6.64. The molecule has 5 heteroatoms. The number of hydrogen-bond donors (Lipinski definition) is 0. The van der Waals surface area contributed by atoms with E-state index in [-0.39, 0.29) is 18.3 Å². The Kier molecular flexibility index (Phi) is 2.79. The van der Waals surface area contributed by atoms with Crippen LogP contribution in [0.25, 0.3) is 11.0 Å². The predicted octanol–water partition coefficient (Wildman–Crippen LogP) is 2.18. The van der Waals surface area contributed by atoms with Crippen molar-refractivity contribution >= 4 is 23.6 Å². The first-order valence-corrected chi connectivity index (χ1v) is 6.98. The van der Waals surface area contributed by atoms with Crippen molar-refractivity contribution in [1.29, 1.82) is 0 Å². The summed E-state index contributed by atoms with van der Waals surface area (Å²) >= 11 is 0. The van der Waals surface area contributed by atoms with E-state index in [1.54, 1.807) is 0 Å². The highest BCUT2D eigenvalue weighted by Gasteiger charge is 2.52. The van der Waals surface area contributed by atoms with Gasteiger partial charge in [-0.3, -0.25) is 0 Å². The number of nitrogens with zero attached hydrogens (tertiary/aromatic N) is 2. The maximum absolute atomic E-state index is 6.13. The highest BCUT2D eigenvalue weighted by molar-refractivity contribution is 6.63. The van der Waals surface area contributed by atoms with E-state index in [4.69, 9.17) is 9.31 Å². The van der Waals surface area contributed by atoms with Gasteiger partial charge in [-0.2, -0.15) is 0 Å². The van der Waals surface area contributed by atoms with Gasteiger partial charge in [0.2, 0.25) is 0 Å². The standard InChI is InChI=1S/C15H21BN2O2/c1-10-7-13-12(17-9-18(13)6)8-11(10)16-19-14(2,3)15(4,5)20-16/h7-9H,1-6H3. The number of hydrogen-bond acceptors (Lipinski definition) is 3. The van der Waals surface area contributed by atoms with Crippen LogP contribution in [0.5, 0.6) is 0 Å². The summed E-state index contributed by atoms with van der Waals surface area (Å²) in [7, 11) is 1.68. The molecule has 3 rings (SSSR count). The van der Waals surface area contributed by atoms with Gasteiger partial charge in [0.1, 0.15) is 0 Å². The summed E-state index contributed by atoms with van der Waals surface area (Å²) in [4.78, 5) is 4.42. The second kappa shape index (κ2) is 4.09. The molecule has 0 spiro atoms. The number of benzene rings is 1. The summed E-state index contributed by atoms with van der Waals surface area (Å²) in [6.45, 7) is 10.4. The van der Waals surface area contributed by atoms with Crippen molar-refractivity contribution in [3.8, 4) is 0 Å². The molecule has 0 unspecified atom stereocenters. The van der Waals surface area contributed by atoms with Crippen molar-refractivity contribution in [3.63, 3.8) is 0 Å². The van der Waals surface area contributed by atoms with E-state index in [0.717, 1.165) is 16.5 Å². The molecule has 1 aliphatic rings. The van der Waals surface area contributed by atoms with Crippen LogP contribution in [0.3, 0.4) is 0 Å². The first-order chi connectivity index (χ1) is 9.21. The SMILES string of the molecule is Cc1cc2c(cc1B1OC(C)(C)C(C)(C)O1)ncn2C. The van der Waals surface area contributed by atoms with Gasteiger partial charge in [0, 0.05) is 7.05 Å². The molecule has 1 aromatic carbocycles. The molecule has 106 valence electrons. The molecular weight excluding hydrogens is 251 g/mol. The van der Waals surface area contributed by atoms with Gasteiger partial charge in [-0.15, -0.1) is 0 Å². The summed E-state index contributed by atoms with van der Waals surface area (Å²) < 4.78 is 14.3. The van der Waals surface area contributed by atoms with Gasteiger partial charge in [0.25, 0.3) is 0 Å². The van der Waals surface area contributed by atoms with E-state index in [9.17, 15) is 0 Å². The van der Waals surface area contributed by atoms with Crippen LogP contribution in [0, 0.1) is 6.92 Å². The molecule has 0 amide bonds. The average molecular weight is 272 g/mol. The molecule has 0 aliphatic carbocycles. The molecule has 1 fully saturated rings. The van der Waals surface area contributed by atoms with Crippen molar-refractivity contribution in [2.45, 2.75) is 45.8 Å². The highest BCUT2D eigenvalue weighted by Crippen LogP contribution is 2.36. The molecule has 1 aromatic heterocycles. The molecular formula is C15H21BN2O2. The zero-order chi connectivity index (χ0) is 14.7. The van der Waals surface area contributed by atoms with Crippen molar-refractivity contribution < 1.29 is 9.31 Å². The van der Waals surface area contributed by atoms with Gasteiger partial charge >= 0.3 is 7.12 Å². The third kappa shape index (κ3) is 1.88. The van der Waals surface area contributed by atoms with Gasteiger partial charge in [0.05, 0.1) is 28.6 Å². The Hall–Kier alpha value is -1.33. The monoisotopic (exact) mass is 272 g/mol. The van der Waals surface area contributed by atoms with Gasteiger partial charge in [-0.25, -0.2) is 4.98 Å². The van der Waals surface area contributed by atoms with Crippen molar-refractivity contribution in [2.75, 3.05) is 0 Å². The third-order valence-electron chi connectivity index (χ3n) is 4.62. The molecule has 0 saturated carbocycles. The van der Waals surface area contributed by atoms with E-state index >= 15 is 0 Å². The van der Waals surface area contributed by atoms with Crippen LogP contribution >= 0.6 is 0 Å². The number of imidazole rings is 1. The van der Waals surface area contributed by atoms with E-state index in [1.165, 1.54) is 5.56 Å². The fraction of sp³-hybridized carbons (Fsp3) is 0.533. The predicted molar refractivity (Wildman–Crippen MR) is 81.2 cm³/mol. The van der Waals surface area contributed by atoms with Crippen LogP contribution in [0.2, 0.25) is 0 Å². The van der Waals surface area contributed by atoms with Crippen molar-refractivity contribution in [3.05, 3.63) is 24.0 Å². The van der Waals surface area contributed by atoms with Gasteiger partial charge < -0.3 is 13.9 Å². The lowest BCUT2D eigenvalue weighted by Crippen LogP contribution is -2.41. The average Bonchev–Trinajstić information content (AvgIpc) is 2.77. The maximum Gasteiger partial charge on any atom is 0.495 e. The van der Waals surface area contributed by atoms with Crippen LogP contribution in [-0.4, -0.2) is 27.9 Å². The number of rotatable bonds is 1. The summed E-state index contributed by atoms with van der Waals surface area (Å²) in [5.41, 5.74) is 3.70. The minimum atomic E-state index is -0.327. The Morgan fingerprint density at radius 3 is 2.30 bits per heavy atom. The Balaban J connectivity index is 2.05. The van der Waals surface area contributed by atoms with Gasteiger partial charge in [-0.05, 0) is 57.8 Å². The molecule has 2 heterocycles. The van der Waals surface area contributed by atoms with Crippen LogP contribution in [0.4, 0.5) is 0 Å². The molecule has 1 aliphatic heterocycles. The van der Waals surface area contributed by atoms with Crippen LogP contribution in [0.15, 0.2) is 18.5 Å². The molecule has 0 radical (unpaired) electrons. The first kappa shape index (κ1) is 13.6. The van der Waals surface area contributed by atoms with Crippen LogP contribution in [-0.2, 0) is 16.4 Å². The Morgan fingerprint density at radius 2 is 1.70 bits per heavy atom. The molecule has 0 bridgehead atoms. The molecule has 0 atom stereocenters. The first-order valence-electron chi connectivity index (χ1n) is 6.98. The smallest absolute Gasteiger partial charge is 0.399 e. The lowest BCUT2D eigenvalue weighted by molar-refractivity contribution is 0.00578. The minimum Gasteiger partial charge on any atom is -0.399 e. The largest absolute Gasteiger partial charge is 0.495 e. The van der Waals surface area contributed by atoms with Crippen molar-refractivity contribution in [1.82, 2.24) is 9.55 Å². The van der Waals surface area contributed by atoms with E-state index < -0.39 is 0 Å². The fourth-order valence-corrected chi connectivity index (χ4v) is 2.52. The summed E-state index contributed by atoms with van der Waals surface area (Å²) in [5.74, 6) is 0. The summed E-state index contributed by atoms with van der Waals surface area (Å²) in [6, 6.07) is 4.22. The molecule has 2 aromatic rings. The maximum atomic E-state index is 6.13. The van der Waals surface area contributed by atoms with Crippen molar-refractivity contribution in [2.24, 2.45) is 7.05 Å². The normalized spacial score (nSPS) is 20.8. The Morgan fingerprint density at radius 1 is 1.10 bits per heavy atom. The van der Waals surface area contributed by atoms with E-state index in [0.29, 0.717) is 0 Å². The molecule has 4 nitrogen and oxygen atoms in total. The minimum absolute atomic E-state index is 0.316. The van der Waals surface area contributed by atoms with Crippen LogP contribution in [0.1, 0.15) is 33.3 Å². The Labute approximate surface area is 120 Å². The zero-order valence-corrected chi connectivity index (χ0v) is 13.0.